The number of ether oxygens (including phenoxy) is 1. The molecular formula is C31H22Cl4N2O6. The van der Waals surface area contributed by atoms with Crippen LogP contribution in [0.1, 0.15) is 44.4 Å². The summed E-state index contributed by atoms with van der Waals surface area (Å²) in [6.07, 6.45) is 4.04. The van der Waals surface area contributed by atoms with E-state index < -0.39 is 47.9 Å². The first-order valence-electron chi connectivity index (χ1n) is 13.1. The Balaban J connectivity index is 1.40. The van der Waals surface area contributed by atoms with Crippen molar-refractivity contribution in [1.82, 2.24) is 10.0 Å². The summed E-state index contributed by atoms with van der Waals surface area (Å²) in [6.45, 7) is 1.18. The lowest BCUT2D eigenvalue weighted by Gasteiger charge is -2.30. The Morgan fingerprint density at radius 2 is 1.47 bits per heavy atom. The molecule has 0 N–H and O–H groups in total. The molecule has 1 fully saturated rings. The molecule has 1 heterocycles. The number of carbonyl (C=O) groups is 5. The average molecular weight is 660 g/mol. The summed E-state index contributed by atoms with van der Waals surface area (Å²) in [5, 5.41) is 2.36. The molecule has 220 valence electrons. The molecule has 0 radical (unpaired) electrons. The van der Waals surface area contributed by atoms with E-state index in [9.17, 15) is 24.0 Å². The van der Waals surface area contributed by atoms with Crippen LogP contribution in [-0.4, -0.2) is 46.0 Å². The number of amides is 3. The number of allylic oxidation sites excluding steroid dienone is 2. The molecule has 5 rings (SSSR count). The van der Waals surface area contributed by atoms with Crippen molar-refractivity contribution in [3.8, 4) is 5.75 Å². The van der Waals surface area contributed by atoms with E-state index in [1.54, 1.807) is 0 Å². The van der Waals surface area contributed by atoms with Crippen LogP contribution >= 0.6 is 46.4 Å². The Bertz CT molecular complexity index is 1690. The lowest BCUT2D eigenvalue weighted by atomic mass is 9.78. The van der Waals surface area contributed by atoms with Gasteiger partial charge < -0.3 is 4.74 Å². The van der Waals surface area contributed by atoms with Gasteiger partial charge in [-0.3, -0.25) is 19.2 Å². The Morgan fingerprint density at radius 3 is 2.05 bits per heavy atom. The number of carbonyl (C=O) groups excluding carboxylic acids is 5. The number of rotatable bonds is 7. The van der Waals surface area contributed by atoms with Crippen LogP contribution in [-0.2, 0) is 9.59 Å². The zero-order valence-corrected chi connectivity index (χ0v) is 25.5. The van der Waals surface area contributed by atoms with E-state index in [0.29, 0.717) is 11.4 Å². The van der Waals surface area contributed by atoms with Gasteiger partial charge in [0.25, 0.3) is 17.7 Å². The van der Waals surface area contributed by atoms with Gasteiger partial charge in [0, 0.05) is 15.6 Å². The number of imide groups is 1. The highest BCUT2D eigenvalue weighted by molar-refractivity contribution is 6.37. The molecule has 1 aliphatic carbocycles. The number of esters is 1. The highest BCUT2D eigenvalue weighted by atomic mass is 35.5. The Labute approximate surface area is 266 Å². The molecule has 1 saturated heterocycles. The standard InChI is InChI=1S/C31H22Cl4N2O6/c1-16-3-2-4-23-27(16)30(41)37(29(23)40)36(28(39)21-11-7-18(32)13-24(21)34)15-26(38)17-5-9-20(10-6-17)43-31(42)22-12-8-19(33)14-25(22)35/h2-3,5-14,16,23,27H,4,15H2,1H3/t16-,23+,27-/m1/s1. The predicted molar refractivity (Wildman–Crippen MR) is 161 cm³/mol. The van der Waals surface area contributed by atoms with E-state index in [-0.39, 0.29) is 43.4 Å². The lowest BCUT2D eigenvalue weighted by Crippen LogP contribution is -2.52. The molecular weight excluding hydrogens is 638 g/mol. The number of hydrazine groups is 1. The van der Waals surface area contributed by atoms with Gasteiger partial charge in [0.2, 0.25) is 0 Å². The van der Waals surface area contributed by atoms with Gasteiger partial charge in [-0.1, -0.05) is 65.5 Å². The fourth-order valence-electron chi connectivity index (χ4n) is 5.16. The molecule has 12 heteroatoms. The minimum absolute atomic E-state index is 0.00606. The topological polar surface area (TPSA) is 101 Å². The van der Waals surface area contributed by atoms with Crippen LogP contribution in [0.4, 0.5) is 0 Å². The normalized spacial score (nSPS) is 19.3. The monoisotopic (exact) mass is 658 g/mol. The van der Waals surface area contributed by atoms with Crippen LogP contribution in [0.15, 0.2) is 72.8 Å². The first-order chi connectivity index (χ1) is 20.5. The smallest absolute Gasteiger partial charge is 0.345 e. The highest BCUT2D eigenvalue weighted by Gasteiger charge is 2.53. The van der Waals surface area contributed by atoms with Crippen molar-refractivity contribution in [2.24, 2.45) is 17.8 Å². The lowest BCUT2D eigenvalue weighted by molar-refractivity contribution is -0.154. The van der Waals surface area contributed by atoms with Crippen LogP contribution in [0.25, 0.3) is 0 Å². The second-order valence-corrected chi connectivity index (χ2v) is 11.8. The van der Waals surface area contributed by atoms with Crippen molar-refractivity contribution in [3.63, 3.8) is 0 Å². The Hall–Kier alpha value is -3.69. The maximum absolute atomic E-state index is 13.8. The summed E-state index contributed by atoms with van der Waals surface area (Å²) in [7, 11) is 0. The Morgan fingerprint density at radius 1 is 0.860 bits per heavy atom. The predicted octanol–water partition coefficient (Wildman–Crippen LogP) is 6.96. The molecule has 2 aliphatic rings. The van der Waals surface area contributed by atoms with Gasteiger partial charge >= 0.3 is 5.97 Å². The van der Waals surface area contributed by atoms with Crippen LogP contribution < -0.4 is 4.74 Å². The third-order valence-electron chi connectivity index (χ3n) is 7.32. The third kappa shape index (κ3) is 6.19. The molecule has 0 bridgehead atoms. The molecule has 3 amide bonds. The van der Waals surface area contributed by atoms with Crippen LogP contribution in [0.2, 0.25) is 20.1 Å². The minimum atomic E-state index is -0.818. The minimum Gasteiger partial charge on any atom is -0.423 e. The van der Waals surface area contributed by atoms with E-state index in [1.807, 2.05) is 19.1 Å². The molecule has 43 heavy (non-hydrogen) atoms. The SMILES string of the molecule is C[C@@H]1C=CC[C@@H]2C(=O)N(N(CC(=O)c3ccc(OC(=O)c4ccc(Cl)cc4Cl)cc3)C(=O)c3ccc(Cl)cc3Cl)C(=O)[C@H]12. The molecule has 0 spiro atoms. The van der Waals surface area contributed by atoms with Gasteiger partial charge in [0.15, 0.2) is 5.78 Å². The van der Waals surface area contributed by atoms with Gasteiger partial charge in [0.05, 0.1) is 33.0 Å². The largest absolute Gasteiger partial charge is 0.423 e. The van der Waals surface area contributed by atoms with Crippen LogP contribution in [0.3, 0.4) is 0 Å². The number of hydrogen-bond donors (Lipinski definition) is 0. The molecule has 1 aliphatic heterocycles. The molecule has 0 aromatic heterocycles. The van der Waals surface area contributed by atoms with E-state index in [2.05, 4.69) is 0 Å². The Kier molecular flexibility index (Phi) is 8.94. The summed E-state index contributed by atoms with van der Waals surface area (Å²) in [5.74, 6) is -4.68. The second kappa shape index (κ2) is 12.5. The van der Waals surface area contributed by atoms with Crippen molar-refractivity contribution in [1.29, 1.82) is 0 Å². The molecule has 0 unspecified atom stereocenters. The maximum atomic E-state index is 13.8. The molecule has 3 atom stereocenters. The number of ketones is 1. The van der Waals surface area contributed by atoms with Crippen LogP contribution in [0.5, 0.6) is 5.75 Å². The average Bonchev–Trinajstić information content (AvgIpc) is 3.21. The number of halogens is 4. The van der Waals surface area contributed by atoms with Gasteiger partial charge in [-0.2, -0.15) is 5.01 Å². The van der Waals surface area contributed by atoms with E-state index in [4.69, 9.17) is 51.1 Å². The van der Waals surface area contributed by atoms with E-state index >= 15 is 0 Å². The van der Waals surface area contributed by atoms with Crippen molar-refractivity contribution in [2.45, 2.75) is 13.3 Å². The zero-order chi connectivity index (χ0) is 31.0. The van der Waals surface area contributed by atoms with Gasteiger partial charge in [-0.15, -0.1) is 0 Å². The van der Waals surface area contributed by atoms with Gasteiger partial charge in [0.1, 0.15) is 12.3 Å². The number of benzene rings is 3. The van der Waals surface area contributed by atoms with Crippen molar-refractivity contribution in [2.75, 3.05) is 6.54 Å². The summed E-state index contributed by atoms with van der Waals surface area (Å²) < 4.78 is 5.36. The van der Waals surface area contributed by atoms with Crippen molar-refractivity contribution >= 4 is 75.9 Å². The molecule has 8 nitrogen and oxygen atoms in total. The van der Waals surface area contributed by atoms with E-state index in [0.717, 1.165) is 10.0 Å². The maximum Gasteiger partial charge on any atom is 0.345 e. The van der Waals surface area contributed by atoms with E-state index in [1.165, 1.54) is 60.7 Å². The highest BCUT2D eigenvalue weighted by Crippen LogP contribution is 2.39. The molecule has 3 aromatic carbocycles. The summed E-state index contributed by atoms with van der Waals surface area (Å²) >= 11 is 24.3. The summed E-state index contributed by atoms with van der Waals surface area (Å²) in [5.41, 5.74) is 0.200. The summed E-state index contributed by atoms with van der Waals surface area (Å²) in [4.78, 5) is 66.8. The zero-order valence-electron chi connectivity index (χ0n) is 22.4. The van der Waals surface area contributed by atoms with Crippen molar-refractivity contribution < 1.29 is 28.7 Å². The first-order valence-corrected chi connectivity index (χ1v) is 14.6. The molecule has 0 saturated carbocycles. The van der Waals surface area contributed by atoms with Crippen LogP contribution in [0, 0.1) is 17.8 Å². The number of nitrogens with zero attached hydrogens (tertiary/aromatic N) is 2. The van der Waals surface area contributed by atoms with Gasteiger partial charge in [-0.25, -0.2) is 9.80 Å². The number of fused-ring (bicyclic) bond motifs is 1. The summed E-state index contributed by atoms with van der Waals surface area (Å²) in [6, 6.07) is 14.1. The fraction of sp³-hybridized carbons (Fsp3) is 0.194. The van der Waals surface area contributed by atoms with Gasteiger partial charge in [-0.05, 0) is 73.0 Å². The fourth-order valence-corrected chi connectivity index (χ4v) is 6.13. The quantitative estimate of drug-likeness (QED) is 0.0894. The third-order valence-corrected chi connectivity index (χ3v) is 8.41. The molecule has 3 aromatic rings. The first kappa shape index (κ1) is 30.8. The second-order valence-electron chi connectivity index (χ2n) is 10.1. The number of Topliss-reactive ketones (excluding diaryl/α,β-unsaturated/α-hetero) is 1. The van der Waals surface area contributed by atoms with Crippen molar-refractivity contribution in [3.05, 3.63) is 110 Å². The number of hydrogen-bond acceptors (Lipinski definition) is 6.